The van der Waals surface area contributed by atoms with Crippen LogP contribution < -0.4 is 0 Å². The van der Waals surface area contributed by atoms with Crippen LogP contribution in [-0.2, 0) is 6.61 Å². The molecule has 3 aromatic rings. The van der Waals surface area contributed by atoms with Crippen LogP contribution in [0.5, 0.6) is 0 Å². The van der Waals surface area contributed by atoms with Crippen molar-refractivity contribution in [2.24, 2.45) is 0 Å². The lowest BCUT2D eigenvalue weighted by Crippen LogP contribution is -1.84. The lowest BCUT2D eigenvalue weighted by atomic mass is 10.0. The minimum atomic E-state index is 0.0647. The maximum absolute atomic E-state index is 9.16. The van der Waals surface area contributed by atoms with Crippen LogP contribution in [0.25, 0.3) is 22.0 Å². The number of aromatic nitrogens is 2. The maximum atomic E-state index is 9.16. The van der Waals surface area contributed by atoms with Gasteiger partial charge in [0.05, 0.1) is 18.3 Å². The number of fused-ring (bicyclic) bond motifs is 1. The molecule has 0 bridgehead atoms. The standard InChI is InChI=1S/C14H12N2O/c17-9-10-3-1-4-11(7-10)12-5-2-6-14-13(12)8-15-16-14/h1-8,17H,9H2,(H,15,16). The third kappa shape index (κ3) is 1.70. The Labute approximate surface area is 98.7 Å². The van der Waals surface area contributed by atoms with Crippen molar-refractivity contribution >= 4 is 10.9 Å². The molecule has 2 aromatic carbocycles. The molecule has 1 aromatic heterocycles. The zero-order valence-electron chi connectivity index (χ0n) is 9.22. The minimum Gasteiger partial charge on any atom is -0.392 e. The van der Waals surface area contributed by atoms with E-state index in [-0.39, 0.29) is 6.61 Å². The van der Waals surface area contributed by atoms with Crippen LogP contribution in [0.3, 0.4) is 0 Å². The van der Waals surface area contributed by atoms with Crippen molar-refractivity contribution in [1.29, 1.82) is 0 Å². The van der Waals surface area contributed by atoms with Crippen molar-refractivity contribution in [1.82, 2.24) is 10.2 Å². The number of hydrogen-bond acceptors (Lipinski definition) is 2. The molecule has 0 saturated carbocycles. The van der Waals surface area contributed by atoms with E-state index in [0.717, 1.165) is 27.6 Å². The van der Waals surface area contributed by atoms with Gasteiger partial charge in [0.2, 0.25) is 0 Å². The van der Waals surface area contributed by atoms with E-state index in [0.29, 0.717) is 0 Å². The maximum Gasteiger partial charge on any atom is 0.0682 e. The van der Waals surface area contributed by atoms with Crippen molar-refractivity contribution < 1.29 is 5.11 Å². The van der Waals surface area contributed by atoms with E-state index in [1.807, 2.05) is 42.6 Å². The summed E-state index contributed by atoms with van der Waals surface area (Å²) in [6.07, 6.45) is 1.83. The molecule has 0 aliphatic rings. The second-order valence-corrected chi connectivity index (χ2v) is 4.00. The zero-order valence-corrected chi connectivity index (χ0v) is 9.22. The van der Waals surface area contributed by atoms with Crippen LogP contribution >= 0.6 is 0 Å². The SMILES string of the molecule is OCc1cccc(-c2cccc3[nH]ncc23)c1. The Morgan fingerprint density at radius 3 is 2.88 bits per heavy atom. The first-order valence-electron chi connectivity index (χ1n) is 5.51. The highest BCUT2D eigenvalue weighted by molar-refractivity contribution is 5.94. The van der Waals surface area contributed by atoms with Gasteiger partial charge in [-0.25, -0.2) is 0 Å². The molecule has 0 unspecified atom stereocenters. The van der Waals surface area contributed by atoms with Gasteiger partial charge in [-0.2, -0.15) is 5.10 Å². The van der Waals surface area contributed by atoms with Gasteiger partial charge in [-0.1, -0.05) is 30.3 Å². The summed E-state index contributed by atoms with van der Waals surface area (Å²) in [6.45, 7) is 0.0647. The zero-order chi connectivity index (χ0) is 11.7. The number of aromatic amines is 1. The van der Waals surface area contributed by atoms with Crippen molar-refractivity contribution in [2.75, 3.05) is 0 Å². The highest BCUT2D eigenvalue weighted by Crippen LogP contribution is 2.27. The molecule has 2 N–H and O–H groups in total. The van der Waals surface area contributed by atoms with Crippen LogP contribution in [0.4, 0.5) is 0 Å². The molecule has 0 fully saturated rings. The number of hydrogen-bond donors (Lipinski definition) is 2. The van der Waals surface area contributed by atoms with Gasteiger partial charge in [-0.15, -0.1) is 0 Å². The summed E-state index contributed by atoms with van der Waals surface area (Å²) in [5, 5.41) is 17.3. The van der Waals surface area contributed by atoms with Gasteiger partial charge in [0.25, 0.3) is 0 Å². The van der Waals surface area contributed by atoms with E-state index < -0.39 is 0 Å². The monoisotopic (exact) mass is 224 g/mol. The predicted molar refractivity (Wildman–Crippen MR) is 67.5 cm³/mol. The fourth-order valence-corrected chi connectivity index (χ4v) is 2.06. The fourth-order valence-electron chi connectivity index (χ4n) is 2.06. The first kappa shape index (κ1) is 10.1. The number of rotatable bonds is 2. The molecule has 3 nitrogen and oxygen atoms in total. The first-order valence-corrected chi connectivity index (χ1v) is 5.51. The molecule has 3 heteroatoms. The Hall–Kier alpha value is -2.13. The van der Waals surface area contributed by atoms with Gasteiger partial charge < -0.3 is 5.11 Å². The van der Waals surface area contributed by atoms with E-state index in [2.05, 4.69) is 16.3 Å². The summed E-state index contributed by atoms with van der Waals surface area (Å²) < 4.78 is 0. The summed E-state index contributed by atoms with van der Waals surface area (Å²) in [5.41, 5.74) is 4.18. The average Bonchev–Trinajstić information content (AvgIpc) is 2.87. The number of aliphatic hydroxyl groups excluding tert-OH is 1. The van der Waals surface area contributed by atoms with Gasteiger partial charge in [-0.05, 0) is 28.8 Å². The topological polar surface area (TPSA) is 48.9 Å². The molecule has 0 radical (unpaired) electrons. The van der Waals surface area contributed by atoms with Gasteiger partial charge in [0.1, 0.15) is 0 Å². The van der Waals surface area contributed by atoms with Gasteiger partial charge in [-0.3, -0.25) is 5.10 Å². The molecule has 84 valence electrons. The Morgan fingerprint density at radius 2 is 2.00 bits per heavy atom. The lowest BCUT2D eigenvalue weighted by molar-refractivity contribution is 0.282. The van der Waals surface area contributed by atoms with Crippen LogP contribution in [0.15, 0.2) is 48.7 Å². The minimum absolute atomic E-state index is 0.0647. The quantitative estimate of drug-likeness (QED) is 0.703. The van der Waals surface area contributed by atoms with E-state index >= 15 is 0 Å². The van der Waals surface area contributed by atoms with Crippen molar-refractivity contribution in [2.45, 2.75) is 6.61 Å². The van der Waals surface area contributed by atoms with Crippen LogP contribution in [0.1, 0.15) is 5.56 Å². The van der Waals surface area contributed by atoms with E-state index in [4.69, 9.17) is 5.11 Å². The van der Waals surface area contributed by atoms with E-state index in [1.165, 1.54) is 0 Å². The normalized spacial score (nSPS) is 10.9. The Kier molecular flexibility index (Phi) is 2.38. The molecular weight excluding hydrogens is 212 g/mol. The third-order valence-electron chi connectivity index (χ3n) is 2.91. The van der Waals surface area contributed by atoms with Gasteiger partial charge in [0.15, 0.2) is 0 Å². The summed E-state index contributed by atoms with van der Waals surface area (Å²) in [6, 6.07) is 14.0. The van der Waals surface area contributed by atoms with Crippen LogP contribution in [-0.4, -0.2) is 15.3 Å². The number of nitrogens with zero attached hydrogens (tertiary/aromatic N) is 1. The number of benzene rings is 2. The molecule has 0 saturated heterocycles. The highest BCUT2D eigenvalue weighted by atomic mass is 16.3. The summed E-state index contributed by atoms with van der Waals surface area (Å²) in [5.74, 6) is 0. The van der Waals surface area contributed by atoms with Gasteiger partial charge in [0, 0.05) is 5.39 Å². The summed E-state index contributed by atoms with van der Waals surface area (Å²) >= 11 is 0. The molecule has 3 rings (SSSR count). The lowest BCUT2D eigenvalue weighted by Gasteiger charge is -2.05. The first-order chi connectivity index (χ1) is 8.38. The summed E-state index contributed by atoms with van der Waals surface area (Å²) in [7, 11) is 0. The highest BCUT2D eigenvalue weighted by Gasteiger charge is 2.05. The van der Waals surface area contributed by atoms with Crippen molar-refractivity contribution in [3.8, 4) is 11.1 Å². The largest absolute Gasteiger partial charge is 0.392 e. The van der Waals surface area contributed by atoms with E-state index in [1.54, 1.807) is 0 Å². The number of H-pyrrole nitrogens is 1. The molecule has 0 aliphatic heterocycles. The molecule has 17 heavy (non-hydrogen) atoms. The molecule has 0 amide bonds. The third-order valence-corrected chi connectivity index (χ3v) is 2.91. The average molecular weight is 224 g/mol. The molecular formula is C14H12N2O. The van der Waals surface area contributed by atoms with Crippen molar-refractivity contribution in [3.05, 3.63) is 54.2 Å². The second-order valence-electron chi connectivity index (χ2n) is 4.00. The van der Waals surface area contributed by atoms with Crippen LogP contribution in [0, 0.1) is 0 Å². The van der Waals surface area contributed by atoms with Crippen LogP contribution in [0.2, 0.25) is 0 Å². The molecule has 0 atom stereocenters. The molecule has 0 aliphatic carbocycles. The van der Waals surface area contributed by atoms with Crippen molar-refractivity contribution in [3.63, 3.8) is 0 Å². The number of nitrogens with one attached hydrogen (secondary N) is 1. The molecule has 1 heterocycles. The fraction of sp³-hybridized carbons (Fsp3) is 0.0714. The Balaban J connectivity index is 2.23. The second kappa shape index (κ2) is 4.03. The Morgan fingerprint density at radius 1 is 1.12 bits per heavy atom. The predicted octanol–water partition coefficient (Wildman–Crippen LogP) is 2.72. The van der Waals surface area contributed by atoms with Gasteiger partial charge >= 0.3 is 0 Å². The molecule has 0 spiro atoms. The summed E-state index contributed by atoms with van der Waals surface area (Å²) in [4.78, 5) is 0. The van der Waals surface area contributed by atoms with E-state index in [9.17, 15) is 0 Å². The smallest absolute Gasteiger partial charge is 0.0682 e. The Bertz CT molecular complexity index is 658. The number of aliphatic hydroxyl groups is 1.